The van der Waals surface area contributed by atoms with E-state index in [2.05, 4.69) is 4.98 Å². The fraction of sp³-hybridized carbons (Fsp3) is 0.480. The largest absolute Gasteiger partial charge is 0.868 e. The summed E-state index contributed by atoms with van der Waals surface area (Å²) < 4.78 is 16.2. The van der Waals surface area contributed by atoms with E-state index in [0.717, 1.165) is 37.9 Å². The molecule has 1 fully saturated rings. The molecule has 1 atom stereocenters. The molecule has 4 rings (SSSR count). The van der Waals surface area contributed by atoms with E-state index in [1.165, 1.54) is 35.4 Å². The summed E-state index contributed by atoms with van der Waals surface area (Å²) in [6.45, 7) is 8.08. The van der Waals surface area contributed by atoms with Gasteiger partial charge in [-0.2, -0.15) is 0 Å². The molecule has 188 valence electrons. The minimum atomic E-state index is -0.802. The quantitative estimate of drug-likeness (QED) is 0.498. The molecule has 1 N–H and O–H groups in total. The average Bonchev–Trinajstić information content (AvgIpc) is 3.34. The predicted octanol–water partition coefficient (Wildman–Crippen LogP) is 0.463. The van der Waals surface area contributed by atoms with E-state index in [9.17, 15) is 14.7 Å². The van der Waals surface area contributed by atoms with Gasteiger partial charge in [0.25, 0.3) is 0 Å². The molecule has 1 unspecified atom stereocenters. The van der Waals surface area contributed by atoms with Crippen LogP contribution in [-0.2, 0) is 9.53 Å². The fourth-order valence-electron chi connectivity index (χ4n) is 4.74. The number of carbonyl (C=O) groups excluding carboxylic acids is 2. The highest BCUT2D eigenvalue weighted by molar-refractivity contribution is 7.14. The van der Waals surface area contributed by atoms with Crippen LogP contribution in [0.25, 0.3) is 0 Å². The van der Waals surface area contributed by atoms with Crippen molar-refractivity contribution in [2.75, 3.05) is 53.6 Å². The first-order valence-corrected chi connectivity index (χ1v) is 12.5. The Kier molecular flexibility index (Phi) is 7.73. The van der Waals surface area contributed by atoms with Crippen LogP contribution in [0, 0.1) is 13.8 Å². The molecule has 0 aliphatic carbocycles. The van der Waals surface area contributed by atoms with Crippen LogP contribution in [0.2, 0.25) is 0 Å². The highest BCUT2D eigenvalue weighted by atomic mass is 32.1. The SMILES string of the molecule is COc1ccc(C2C(C(=O)c3sc(C)nc3C)=C([O-])C(=O)N2CCC[NH+]2CCOCC2)cc1OC. The van der Waals surface area contributed by atoms with Gasteiger partial charge in [-0.05, 0) is 37.3 Å². The number of morpholine rings is 1. The number of amides is 1. The standard InChI is InChI=1S/C25H31N3O6S/c1-15-24(35-16(2)26-15)22(29)20-21(17-6-7-18(32-3)19(14-17)33-4)28(25(31)23(20)30)9-5-8-27-10-12-34-13-11-27/h6-7,14,21,30H,5,8-13H2,1-4H3. The van der Waals surface area contributed by atoms with Crippen molar-refractivity contribution in [3.63, 3.8) is 0 Å². The summed E-state index contributed by atoms with van der Waals surface area (Å²) in [5.41, 5.74) is 1.15. The van der Waals surface area contributed by atoms with Gasteiger partial charge in [-0.1, -0.05) is 6.07 Å². The van der Waals surface area contributed by atoms with E-state index in [0.29, 0.717) is 40.6 Å². The van der Waals surface area contributed by atoms with Gasteiger partial charge in [-0.3, -0.25) is 9.59 Å². The first kappa shape index (κ1) is 25.2. The van der Waals surface area contributed by atoms with Gasteiger partial charge in [0.15, 0.2) is 11.5 Å². The van der Waals surface area contributed by atoms with Crippen molar-refractivity contribution in [3.8, 4) is 11.5 Å². The van der Waals surface area contributed by atoms with Crippen LogP contribution < -0.4 is 19.5 Å². The lowest BCUT2D eigenvalue weighted by Crippen LogP contribution is -3.14. The molecule has 0 radical (unpaired) electrons. The van der Waals surface area contributed by atoms with Gasteiger partial charge in [0.2, 0.25) is 11.7 Å². The minimum Gasteiger partial charge on any atom is -0.868 e. The van der Waals surface area contributed by atoms with Crippen LogP contribution in [0.1, 0.15) is 38.4 Å². The molecule has 2 aromatic rings. The Hall–Kier alpha value is -2.95. The lowest BCUT2D eigenvalue weighted by atomic mass is 9.94. The van der Waals surface area contributed by atoms with Crippen LogP contribution in [0.5, 0.6) is 11.5 Å². The molecule has 0 bridgehead atoms. The normalized spacial score (nSPS) is 18.9. The summed E-state index contributed by atoms with van der Waals surface area (Å²) in [6.07, 6.45) is 0.707. The van der Waals surface area contributed by atoms with Gasteiger partial charge >= 0.3 is 0 Å². The second-order valence-corrected chi connectivity index (χ2v) is 9.90. The van der Waals surface area contributed by atoms with Crippen LogP contribution >= 0.6 is 11.3 Å². The van der Waals surface area contributed by atoms with Crippen LogP contribution in [0.4, 0.5) is 0 Å². The summed E-state index contributed by atoms with van der Waals surface area (Å²) in [7, 11) is 3.06. The molecule has 9 nitrogen and oxygen atoms in total. The van der Waals surface area contributed by atoms with Gasteiger partial charge in [-0.25, -0.2) is 4.98 Å². The van der Waals surface area contributed by atoms with E-state index < -0.39 is 23.5 Å². The number of nitrogens with zero attached hydrogens (tertiary/aromatic N) is 2. The molecule has 35 heavy (non-hydrogen) atoms. The van der Waals surface area contributed by atoms with Crippen molar-refractivity contribution in [2.24, 2.45) is 0 Å². The molecule has 0 spiro atoms. The Morgan fingerprint density at radius 2 is 1.94 bits per heavy atom. The van der Waals surface area contributed by atoms with Gasteiger partial charge in [0.1, 0.15) is 13.1 Å². The predicted molar refractivity (Wildman–Crippen MR) is 128 cm³/mol. The second kappa shape index (κ2) is 10.8. The van der Waals surface area contributed by atoms with Crippen molar-refractivity contribution >= 4 is 23.0 Å². The second-order valence-electron chi connectivity index (χ2n) is 8.70. The van der Waals surface area contributed by atoms with Crippen LogP contribution in [0.15, 0.2) is 29.5 Å². The zero-order valence-electron chi connectivity index (χ0n) is 20.5. The molecular formula is C25H31N3O6S. The summed E-state index contributed by atoms with van der Waals surface area (Å²) in [4.78, 5) is 34.5. The first-order chi connectivity index (χ1) is 16.8. The third kappa shape index (κ3) is 5.05. The van der Waals surface area contributed by atoms with E-state index >= 15 is 0 Å². The molecule has 1 amide bonds. The average molecular weight is 502 g/mol. The van der Waals surface area contributed by atoms with Crippen molar-refractivity contribution in [1.29, 1.82) is 0 Å². The van der Waals surface area contributed by atoms with E-state index in [-0.39, 0.29) is 5.57 Å². The number of rotatable bonds is 9. The zero-order valence-corrected chi connectivity index (χ0v) is 21.3. The number of quaternary nitrogens is 1. The van der Waals surface area contributed by atoms with E-state index in [4.69, 9.17) is 14.2 Å². The summed E-state index contributed by atoms with van der Waals surface area (Å²) in [5.74, 6) is -0.849. The number of methoxy groups -OCH3 is 2. The maximum absolute atomic E-state index is 13.6. The van der Waals surface area contributed by atoms with Gasteiger partial charge in [-0.15, -0.1) is 11.3 Å². The number of hydrogen-bond acceptors (Lipinski definition) is 8. The molecule has 2 aliphatic heterocycles. The Balaban J connectivity index is 1.68. The number of carbonyl (C=O) groups is 2. The lowest BCUT2D eigenvalue weighted by Gasteiger charge is -2.29. The number of aromatic nitrogens is 1. The number of ketones is 1. The van der Waals surface area contributed by atoms with Crippen molar-refractivity contribution in [2.45, 2.75) is 26.3 Å². The first-order valence-electron chi connectivity index (χ1n) is 11.7. The Labute approximate surface area is 208 Å². The molecule has 1 aromatic heterocycles. The zero-order chi connectivity index (χ0) is 25.1. The number of aryl methyl sites for hydroxylation is 2. The Morgan fingerprint density at radius 3 is 2.57 bits per heavy atom. The van der Waals surface area contributed by atoms with E-state index in [1.54, 1.807) is 25.1 Å². The smallest absolute Gasteiger partial charge is 0.239 e. The number of ether oxygens (including phenoxy) is 3. The fourth-order valence-corrected chi connectivity index (χ4v) is 5.62. The highest BCUT2D eigenvalue weighted by Gasteiger charge is 2.40. The maximum Gasteiger partial charge on any atom is 0.239 e. The number of Topliss-reactive ketones (excluding diaryl/α,β-unsaturated/α-hetero) is 1. The summed E-state index contributed by atoms with van der Waals surface area (Å²) in [6, 6.07) is 4.43. The monoisotopic (exact) mass is 501 g/mol. The summed E-state index contributed by atoms with van der Waals surface area (Å²) in [5, 5.41) is 14.0. The third-order valence-corrected chi connectivity index (χ3v) is 7.56. The molecule has 0 saturated carbocycles. The molecule has 3 heterocycles. The highest BCUT2D eigenvalue weighted by Crippen LogP contribution is 2.41. The van der Waals surface area contributed by atoms with Crippen LogP contribution in [-0.4, -0.2) is 75.2 Å². The molecule has 1 aromatic carbocycles. The van der Waals surface area contributed by atoms with Gasteiger partial charge in [0.05, 0.1) is 55.6 Å². The van der Waals surface area contributed by atoms with Gasteiger partial charge < -0.3 is 29.1 Å². The Bertz CT molecular complexity index is 1140. The van der Waals surface area contributed by atoms with E-state index in [1.807, 2.05) is 6.92 Å². The number of nitrogens with one attached hydrogen (secondary N) is 1. The number of thiazole rings is 1. The van der Waals surface area contributed by atoms with Gasteiger partial charge in [0, 0.05) is 18.5 Å². The maximum atomic E-state index is 13.6. The van der Waals surface area contributed by atoms with Crippen LogP contribution in [0.3, 0.4) is 0 Å². The molecule has 10 heteroatoms. The number of benzene rings is 1. The molecular weight excluding hydrogens is 470 g/mol. The molecule has 2 aliphatic rings. The third-order valence-electron chi connectivity index (χ3n) is 6.49. The van der Waals surface area contributed by atoms with Crippen molar-refractivity contribution in [1.82, 2.24) is 9.88 Å². The lowest BCUT2D eigenvalue weighted by molar-refractivity contribution is -0.908. The Morgan fingerprint density at radius 1 is 1.23 bits per heavy atom. The van der Waals surface area contributed by atoms with Crippen molar-refractivity contribution < 1.29 is 33.8 Å². The molecule has 1 saturated heterocycles. The number of hydrogen-bond donors (Lipinski definition) is 1. The topological polar surface area (TPSA) is 105 Å². The van der Waals surface area contributed by atoms with Crippen molar-refractivity contribution in [3.05, 3.63) is 50.7 Å². The summed E-state index contributed by atoms with van der Waals surface area (Å²) >= 11 is 1.24. The minimum absolute atomic E-state index is 0.0345.